The number of rotatable bonds is 6. The summed E-state index contributed by atoms with van der Waals surface area (Å²) in [6.07, 6.45) is 1.06. The number of benzene rings is 1. The Morgan fingerprint density at radius 3 is 2.30 bits per heavy atom. The topological polar surface area (TPSA) is 63.8 Å². The first-order valence-corrected chi connectivity index (χ1v) is 9.88. The zero-order valence-electron chi connectivity index (χ0n) is 17.7. The summed E-state index contributed by atoms with van der Waals surface area (Å²) >= 11 is 0. The molecule has 0 aromatic heterocycles. The predicted molar refractivity (Wildman–Crippen MR) is 109 cm³/mol. The predicted octanol–water partition coefficient (Wildman–Crippen LogP) is 3.61. The maximum Gasteiger partial charge on any atom is 0.222 e. The molecule has 2 rings (SSSR count). The van der Waals surface area contributed by atoms with Gasteiger partial charge in [-0.1, -0.05) is 53.7 Å². The fraction of sp³-hybridized carbons (Fsp3) is 0.682. The van der Waals surface area contributed by atoms with E-state index in [1.807, 2.05) is 26.0 Å². The zero-order valence-corrected chi connectivity index (χ0v) is 17.7. The summed E-state index contributed by atoms with van der Waals surface area (Å²) in [5.41, 5.74) is 1.34. The van der Waals surface area contributed by atoms with Crippen LogP contribution in [0.25, 0.3) is 0 Å². The lowest BCUT2D eigenvalue weighted by Crippen LogP contribution is -2.52. The van der Waals surface area contributed by atoms with Gasteiger partial charge in [-0.15, -0.1) is 0 Å². The molecule has 0 saturated carbocycles. The molecule has 1 amide bonds. The number of amides is 1. The van der Waals surface area contributed by atoms with E-state index >= 15 is 0 Å². The molecule has 1 unspecified atom stereocenters. The molecule has 154 valence electrons. The van der Waals surface area contributed by atoms with Crippen LogP contribution in [0.15, 0.2) is 24.3 Å². The second kappa shape index (κ2) is 9.65. The Labute approximate surface area is 163 Å². The molecular weight excluding hydrogens is 343 g/mol. The molecule has 0 bridgehead atoms. The van der Waals surface area contributed by atoms with Gasteiger partial charge in [-0.05, 0) is 47.9 Å². The van der Waals surface area contributed by atoms with E-state index in [1.54, 1.807) is 12.1 Å². The van der Waals surface area contributed by atoms with Crippen LogP contribution in [-0.4, -0.2) is 42.0 Å². The quantitative estimate of drug-likeness (QED) is 0.819. The van der Waals surface area contributed by atoms with Crippen molar-refractivity contribution < 1.29 is 14.7 Å². The van der Waals surface area contributed by atoms with E-state index in [1.165, 1.54) is 5.56 Å². The van der Waals surface area contributed by atoms with Gasteiger partial charge in [0, 0.05) is 25.0 Å². The molecule has 1 aromatic carbocycles. The highest BCUT2D eigenvalue weighted by Gasteiger charge is 2.37. The molecule has 0 radical (unpaired) electrons. The zero-order chi connectivity index (χ0) is 19.5. The van der Waals surface area contributed by atoms with Crippen molar-refractivity contribution in [2.75, 3.05) is 19.6 Å². The lowest BCUT2D eigenvalue weighted by atomic mass is 9.70. The summed E-state index contributed by atoms with van der Waals surface area (Å²) in [5.74, 6) is 0.795. The molecular formula is C22H37FN2O2. The van der Waals surface area contributed by atoms with E-state index in [0.717, 1.165) is 26.1 Å². The molecule has 2 atom stereocenters. The molecule has 1 heterocycles. The number of nitrogens with zero attached hydrogens (tertiary/aromatic N) is 1. The SMILES string of the molecule is CC(C)C(=O)N[C@@H](CN1CCC(c2ccc(F)cc2)C(C)(C)C1)C(C)C.O. The minimum Gasteiger partial charge on any atom is -0.412 e. The number of hydrogen-bond acceptors (Lipinski definition) is 2. The van der Waals surface area contributed by atoms with Crippen LogP contribution in [0.1, 0.15) is 59.4 Å². The van der Waals surface area contributed by atoms with Crippen LogP contribution in [0.4, 0.5) is 4.39 Å². The van der Waals surface area contributed by atoms with Crippen molar-refractivity contribution in [3.8, 4) is 0 Å². The third kappa shape index (κ3) is 6.28. The van der Waals surface area contributed by atoms with Crippen LogP contribution < -0.4 is 5.32 Å². The monoisotopic (exact) mass is 380 g/mol. The number of hydrogen-bond donors (Lipinski definition) is 1. The van der Waals surface area contributed by atoms with Crippen LogP contribution in [0, 0.1) is 23.1 Å². The minimum atomic E-state index is -0.176. The van der Waals surface area contributed by atoms with Gasteiger partial charge in [-0.3, -0.25) is 4.79 Å². The summed E-state index contributed by atoms with van der Waals surface area (Å²) in [7, 11) is 0. The summed E-state index contributed by atoms with van der Waals surface area (Å²) in [6, 6.07) is 7.15. The van der Waals surface area contributed by atoms with Gasteiger partial charge in [-0.2, -0.15) is 0 Å². The van der Waals surface area contributed by atoms with Gasteiger partial charge in [-0.25, -0.2) is 4.39 Å². The Kier molecular flexibility index (Phi) is 8.43. The number of carbonyl (C=O) groups is 1. The highest BCUT2D eigenvalue weighted by Crippen LogP contribution is 2.42. The van der Waals surface area contributed by atoms with Crippen LogP contribution in [-0.2, 0) is 4.79 Å². The molecule has 5 heteroatoms. The highest BCUT2D eigenvalue weighted by atomic mass is 19.1. The molecule has 1 aromatic rings. The first-order valence-electron chi connectivity index (χ1n) is 9.88. The Morgan fingerprint density at radius 1 is 1.22 bits per heavy atom. The van der Waals surface area contributed by atoms with E-state index < -0.39 is 0 Å². The van der Waals surface area contributed by atoms with Gasteiger partial charge in [0.25, 0.3) is 0 Å². The minimum absolute atomic E-state index is 0. The van der Waals surface area contributed by atoms with E-state index in [-0.39, 0.29) is 34.6 Å². The number of halogens is 1. The Morgan fingerprint density at radius 2 is 1.81 bits per heavy atom. The number of likely N-dealkylation sites (tertiary alicyclic amines) is 1. The van der Waals surface area contributed by atoms with Crippen LogP contribution in [0.2, 0.25) is 0 Å². The molecule has 0 aliphatic carbocycles. The fourth-order valence-electron chi connectivity index (χ4n) is 3.99. The smallest absolute Gasteiger partial charge is 0.222 e. The lowest BCUT2D eigenvalue weighted by molar-refractivity contribution is -0.125. The van der Waals surface area contributed by atoms with Crippen molar-refractivity contribution in [3.05, 3.63) is 35.6 Å². The molecule has 4 nitrogen and oxygen atoms in total. The first kappa shape index (κ1) is 23.6. The van der Waals surface area contributed by atoms with Gasteiger partial charge >= 0.3 is 0 Å². The molecule has 1 aliphatic heterocycles. The van der Waals surface area contributed by atoms with Crippen LogP contribution >= 0.6 is 0 Å². The number of piperidine rings is 1. The van der Waals surface area contributed by atoms with Crippen molar-refractivity contribution in [1.29, 1.82) is 0 Å². The molecule has 0 spiro atoms. The van der Waals surface area contributed by atoms with Crippen molar-refractivity contribution in [2.24, 2.45) is 17.3 Å². The third-order valence-electron chi connectivity index (χ3n) is 5.69. The molecule has 3 N–H and O–H groups in total. The normalized spacial score (nSPS) is 21.0. The maximum atomic E-state index is 13.2. The Hall–Kier alpha value is -1.46. The average Bonchev–Trinajstić information content (AvgIpc) is 2.54. The molecule has 27 heavy (non-hydrogen) atoms. The van der Waals surface area contributed by atoms with Crippen molar-refractivity contribution >= 4 is 5.91 Å². The number of carbonyl (C=O) groups excluding carboxylic acids is 1. The first-order chi connectivity index (χ1) is 12.1. The summed E-state index contributed by atoms with van der Waals surface area (Å²) in [4.78, 5) is 14.6. The average molecular weight is 381 g/mol. The van der Waals surface area contributed by atoms with Gasteiger partial charge < -0.3 is 15.7 Å². The standard InChI is InChI=1S/C22H35FN2O.H2O/c1-15(2)20(24-21(26)16(3)4)13-25-12-11-19(22(5,6)14-25)17-7-9-18(23)10-8-17;/h7-10,15-16,19-20H,11-14H2,1-6H3,(H,24,26);1H2/t19?,20-;/m0./s1. The van der Waals surface area contributed by atoms with Crippen molar-refractivity contribution in [2.45, 2.75) is 59.9 Å². The molecule has 1 saturated heterocycles. The molecule has 1 fully saturated rings. The second-order valence-corrected chi connectivity index (χ2v) is 9.13. The molecule has 1 aliphatic rings. The van der Waals surface area contributed by atoms with Gasteiger partial charge in [0.05, 0.1) is 0 Å². The summed E-state index contributed by atoms with van der Waals surface area (Å²) < 4.78 is 13.2. The largest absolute Gasteiger partial charge is 0.412 e. The van der Waals surface area contributed by atoms with Crippen molar-refractivity contribution in [3.63, 3.8) is 0 Å². The van der Waals surface area contributed by atoms with E-state index in [2.05, 4.69) is 37.9 Å². The third-order valence-corrected chi connectivity index (χ3v) is 5.69. The summed E-state index contributed by atoms with van der Waals surface area (Å²) in [6.45, 7) is 15.7. The summed E-state index contributed by atoms with van der Waals surface area (Å²) in [5, 5.41) is 3.22. The second-order valence-electron chi connectivity index (χ2n) is 9.13. The van der Waals surface area contributed by atoms with E-state index in [9.17, 15) is 9.18 Å². The van der Waals surface area contributed by atoms with Gasteiger partial charge in [0.2, 0.25) is 5.91 Å². The Balaban J connectivity index is 0.00000364. The fourth-order valence-corrected chi connectivity index (χ4v) is 3.99. The van der Waals surface area contributed by atoms with Crippen LogP contribution in [0.5, 0.6) is 0 Å². The highest BCUT2D eigenvalue weighted by molar-refractivity contribution is 5.78. The number of nitrogens with one attached hydrogen (secondary N) is 1. The van der Waals surface area contributed by atoms with Crippen LogP contribution in [0.3, 0.4) is 0 Å². The van der Waals surface area contributed by atoms with Crippen molar-refractivity contribution in [1.82, 2.24) is 10.2 Å². The van der Waals surface area contributed by atoms with E-state index in [0.29, 0.717) is 11.8 Å². The van der Waals surface area contributed by atoms with Gasteiger partial charge in [0.15, 0.2) is 0 Å². The van der Waals surface area contributed by atoms with Gasteiger partial charge in [0.1, 0.15) is 5.82 Å². The maximum absolute atomic E-state index is 13.2. The Bertz CT molecular complexity index is 599. The lowest BCUT2D eigenvalue weighted by Gasteiger charge is -2.46. The van der Waals surface area contributed by atoms with E-state index in [4.69, 9.17) is 0 Å².